The van der Waals surface area contributed by atoms with E-state index in [4.69, 9.17) is 13.9 Å². The van der Waals surface area contributed by atoms with Gasteiger partial charge in [0.2, 0.25) is 5.91 Å². The van der Waals surface area contributed by atoms with Crippen LogP contribution in [0.5, 0.6) is 11.5 Å². The number of fused-ring (bicyclic) bond motifs is 1. The van der Waals surface area contributed by atoms with E-state index >= 15 is 0 Å². The SMILES string of the molecule is COc1cccc(OC)c1C1(Cc2cc3ccccc3o2)NC(=O)CS1. The molecule has 1 atom stereocenters. The van der Waals surface area contributed by atoms with Crippen molar-refractivity contribution in [2.24, 2.45) is 0 Å². The van der Waals surface area contributed by atoms with Crippen LogP contribution >= 0.6 is 11.8 Å². The molecular formula is C20H19NO4S. The Kier molecular flexibility index (Phi) is 4.28. The summed E-state index contributed by atoms with van der Waals surface area (Å²) in [5.41, 5.74) is 1.65. The van der Waals surface area contributed by atoms with Gasteiger partial charge in [0.05, 0.1) is 25.5 Å². The number of nitrogens with one attached hydrogen (secondary N) is 1. The van der Waals surface area contributed by atoms with Crippen molar-refractivity contribution in [1.29, 1.82) is 0 Å². The van der Waals surface area contributed by atoms with Gasteiger partial charge in [0.1, 0.15) is 27.7 Å². The molecule has 3 aromatic rings. The average molecular weight is 369 g/mol. The van der Waals surface area contributed by atoms with Crippen molar-refractivity contribution in [3.63, 3.8) is 0 Å². The van der Waals surface area contributed by atoms with E-state index in [1.165, 1.54) is 11.8 Å². The van der Waals surface area contributed by atoms with E-state index in [0.29, 0.717) is 23.7 Å². The minimum atomic E-state index is -0.705. The van der Waals surface area contributed by atoms with E-state index in [2.05, 4.69) is 5.32 Å². The highest BCUT2D eigenvalue weighted by atomic mass is 32.2. The predicted octanol–water partition coefficient (Wildman–Crippen LogP) is 3.71. The number of furan rings is 1. The molecule has 1 saturated heterocycles. The van der Waals surface area contributed by atoms with Gasteiger partial charge in [-0.2, -0.15) is 0 Å². The molecule has 5 nitrogen and oxygen atoms in total. The molecule has 26 heavy (non-hydrogen) atoms. The number of carbonyl (C=O) groups is 1. The Labute approximate surface area is 155 Å². The second-order valence-corrected chi connectivity index (χ2v) is 7.40. The molecule has 0 saturated carbocycles. The van der Waals surface area contributed by atoms with E-state index in [9.17, 15) is 4.79 Å². The van der Waals surface area contributed by atoms with Crippen LogP contribution in [0.1, 0.15) is 11.3 Å². The minimum Gasteiger partial charge on any atom is -0.496 e. The van der Waals surface area contributed by atoms with Gasteiger partial charge in [0.15, 0.2) is 0 Å². The molecule has 0 radical (unpaired) electrons. The smallest absolute Gasteiger partial charge is 0.231 e. The van der Waals surface area contributed by atoms with Crippen LogP contribution in [0.2, 0.25) is 0 Å². The van der Waals surface area contributed by atoms with Gasteiger partial charge in [-0.3, -0.25) is 4.79 Å². The highest BCUT2D eigenvalue weighted by Crippen LogP contribution is 2.49. The Morgan fingerprint density at radius 3 is 2.46 bits per heavy atom. The van der Waals surface area contributed by atoms with Crippen LogP contribution in [0, 0.1) is 0 Å². The zero-order valence-electron chi connectivity index (χ0n) is 14.6. The lowest BCUT2D eigenvalue weighted by atomic mass is 9.98. The quantitative estimate of drug-likeness (QED) is 0.743. The molecule has 0 bridgehead atoms. The summed E-state index contributed by atoms with van der Waals surface area (Å²) in [5, 5.41) is 4.17. The molecule has 1 fully saturated rings. The second-order valence-electron chi connectivity index (χ2n) is 6.13. The Balaban J connectivity index is 1.83. The number of hydrogen-bond donors (Lipinski definition) is 1. The molecule has 134 valence electrons. The fourth-order valence-corrected chi connectivity index (χ4v) is 4.65. The largest absolute Gasteiger partial charge is 0.496 e. The van der Waals surface area contributed by atoms with Gasteiger partial charge in [-0.25, -0.2) is 0 Å². The second kappa shape index (κ2) is 6.61. The third-order valence-electron chi connectivity index (χ3n) is 4.52. The third-order valence-corrected chi connectivity index (χ3v) is 5.87. The number of ether oxygens (including phenoxy) is 2. The summed E-state index contributed by atoms with van der Waals surface area (Å²) in [7, 11) is 3.24. The van der Waals surface area contributed by atoms with Gasteiger partial charge in [0, 0.05) is 11.8 Å². The molecule has 6 heteroatoms. The van der Waals surface area contributed by atoms with Crippen molar-refractivity contribution in [2.45, 2.75) is 11.3 Å². The highest BCUT2D eigenvalue weighted by Gasteiger charge is 2.45. The lowest BCUT2D eigenvalue weighted by Crippen LogP contribution is -2.39. The first kappa shape index (κ1) is 16.8. The van der Waals surface area contributed by atoms with E-state index in [0.717, 1.165) is 22.3 Å². The zero-order chi connectivity index (χ0) is 18.1. The Bertz CT molecular complexity index is 912. The van der Waals surface area contributed by atoms with Crippen LogP contribution in [0.3, 0.4) is 0 Å². The highest BCUT2D eigenvalue weighted by molar-refractivity contribution is 8.01. The van der Waals surface area contributed by atoms with Crippen molar-refractivity contribution in [1.82, 2.24) is 5.32 Å². The fourth-order valence-electron chi connectivity index (χ4n) is 3.42. The fraction of sp³-hybridized carbons (Fsp3) is 0.250. The average Bonchev–Trinajstić information content (AvgIpc) is 3.24. The molecule has 1 amide bonds. The van der Waals surface area contributed by atoms with Crippen molar-refractivity contribution in [3.8, 4) is 11.5 Å². The Morgan fingerprint density at radius 1 is 1.12 bits per heavy atom. The number of benzene rings is 2. The van der Waals surface area contributed by atoms with E-state index in [1.807, 2.05) is 48.5 Å². The van der Waals surface area contributed by atoms with E-state index < -0.39 is 4.87 Å². The van der Waals surface area contributed by atoms with E-state index in [-0.39, 0.29) is 5.91 Å². The molecule has 1 N–H and O–H groups in total. The van der Waals surface area contributed by atoms with Gasteiger partial charge in [0.25, 0.3) is 0 Å². The van der Waals surface area contributed by atoms with Crippen molar-refractivity contribution >= 4 is 28.6 Å². The topological polar surface area (TPSA) is 60.7 Å². The summed E-state index contributed by atoms with van der Waals surface area (Å²) in [6.45, 7) is 0. The van der Waals surface area contributed by atoms with Gasteiger partial charge < -0.3 is 19.2 Å². The maximum atomic E-state index is 12.1. The van der Waals surface area contributed by atoms with Crippen molar-refractivity contribution < 1.29 is 18.7 Å². The van der Waals surface area contributed by atoms with Gasteiger partial charge in [-0.1, -0.05) is 24.3 Å². The Morgan fingerprint density at radius 2 is 1.85 bits per heavy atom. The number of amides is 1. The zero-order valence-corrected chi connectivity index (χ0v) is 15.4. The summed E-state index contributed by atoms with van der Waals surface area (Å²) in [6.07, 6.45) is 0.495. The van der Waals surface area contributed by atoms with Crippen molar-refractivity contribution in [2.75, 3.05) is 20.0 Å². The molecule has 0 spiro atoms. The third kappa shape index (κ3) is 2.80. The maximum absolute atomic E-state index is 12.1. The van der Waals surface area contributed by atoms with Crippen LogP contribution < -0.4 is 14.8 Å². The lowest BCUT2D eigenvalue weighted by molar-refractivity contribution is -0.118. The van der Waals surface area contributed by atoms with Gasteiger partial charge in [-0.15, -0.1) is 11.8 Å². The predicted molar refractivity (Wildman–Crippen MR) is 102 cm³/mol. The van der Waals surface area contributed by atoms with Crippen LogP contribution in [-0.2, 0) is 16.1 Å². The summed E-state index contributed by atoms with van der Waals surface area (Å²) >= 11 is 1.53. The maximum Gasteiger partial charge on any atom is 0.231 e. The number of carbonyl (C=O) groups excluding carboxylic acids is 1. The normalized spacial score (nSPS) is 19.5. The van der Waals surface area contributed by atoms with Crippen molar-refractivity contribution in [3.05, 3.63) is 59.9 Å². The first-order valence-electron chi connectivity index (χ1n) is 8.29. The van der Waals surface area contributed by atoms with Crippen LogP contribution in [-0.4, -0.2) is 25.9 Å². The summed E-state index contributed by atoms with van der Waals surface area (Å²) in [5.74, 6) is 2.51. The minimum absolute atomic E-state index is 0.0147. The number of methoxy groups -OCH3 is 2. The number of rotatable bonds is 5. The molecule has 2 aromatic carbocycles. The monoisotopic (exact) mass is 369 g/mol. The molecule has 1 aliphatic rings. The summed E-state index contributed by atoms with van der Waals surface area (Å²) < 4.78 is 17.2. The molecule has 1 unspecified atom stereocenters. The summed E-state index contributed by atoms with van der Waals surface area (Å²) in [6, 6.07) is 15.5. The van der Waals surface area contributed by atoms with Gasteiger partial charge >= 0.3 is 0 Å². The lowest BCUT2D eigenvalue weighted by Gasteiger charge is -2.30. The molecule has 0 aliphatic carbocycles. The molecule has 2 heterocycles. The first-order valence-corrected chi connectivity index (χ1v) is 9.27. The number of para-hydroxylation sites is 1. The van der Waals surface area contributed by atoms with Gasteiger partial charge in [-0.05, 0) is 24.3 Å². The first-order chi connectivity index (χ1) is 12.6. The van der Waals surface area contributed by atoms with Crippen LogP contribution in [0.25, 0.3) is 11.0 Å². The molecule has 4 rings (SSSR count). The standard InChI is InChI=1S/C20H19NO4S/c1-23-16-8-5-9-17(24-2)19(16)20(21-18(22)12-26-20)11-14-10-13-6-3-4-7-15(13)25-14/h3-10H,11-12H2,1-2H3,(H,21,22). The van der Waals surface area contributed by atoms with Crippen LogP contribution in [0.15, 0.2) is 52.9 Å². The Hall–Kier alpha value is -2.60. The molecule has 1 aliphatic heterocycles. The van der Waals surface area contributed by atoms with Crippen LogP contribution in [0.4, 0.5) is 0 Å². The number of hydrogen-bond acceptors (Lipinski definition) is 5. The molecular weight excluding hydrogens is 350 g/mol. The molecule has 1 aromatic heterocycles. The summed E-state index contributed by atoms with van der Waals surface area (Å²) in [4.78, 5) is 11.4. The number of thioether (sulfide) groups is 1. The van der Waals surface area contributed by atoms with E-state index in [1.54, 1.807) is 14.2 Å².